The number of carbonyl (C=O) groups excluding carboxylic acids is 1. The molecule has 0 aromatic heterocycles. The minimum absolute atomic E-state index is 0.0468. The Labute approximate surface area is 134 Å². The first-order chi connectivity index (χ1) is 9.50. The summed E-state index contributed by atoms with van der Waals surface area (Å²) in [4.78, 5) is 11.9. The Balaban J connectivity index is 2.13. The zero-order valence-corrected chi connectivity index (χ0v) is 13.4. The van der Waals surface area contributed by atoms with Crippen molar-refractivity contribution in [1.82, 2.24) is 10.6 Å². The predicted molar refractivity (Wildman–Crippen MR) is 83.7 cm³/mol. The van der Waals surface area contributed by atoms with Gasteiger partial charge in [-0.2, -0.15) is 0 Å². The van der Waals surface area contributed by atoms with Crippen LogP contribution in [0, 0.1) is 0 Å². The maximum atomic E-state index is 11.9. The summed E-state index contributed by atoms with van der Waals surface area (Å²) in [6.07, 6.45) is 2.87. The number of carbonyl (C=O) groups is 1. The monoisotopic (exact) mass is 334 g/mol. The Morgan fingerprint density at radius 1 is 1.25 bits per heavy atom. The maximum Gasteiger partial charge on any atom is 0.237 e. The van der Waals surface area contributed by atoms with Crippen molar-refractivity contribution in [1.29, 1.82) is 0 Å². The van der Waals surface area contributed by atoms with E-state index in [1.54, 1.807) is 6.07 Å². The first-order valence-electron chi connectivity index (χ1n) is 6.68. The Kier molecular flexibility index (Phi) is 5.56. The number of halogens is 3. The zero-order chi connectivity index (χ0) is 14.7. The second-order valence-electron chi connectivity index (χ2n) is 4.99. The van der Waals surface area contributed by atoms with E-state index in [2.05, 4.69) is 10.6 Å². The van der Waals surface area contributed by atoms with Crippen LogP contribution >= 0.6 is 34.8 Å². The van der Waals surface area contributed by atoms with Gasteiger partial charge >= 0.3 is 0 Å². The van der Waals surface area contributed by atoms with Crippen LogP contribution in [-0.4, -0.2) is 18.5 Å². The Morgan fingerprint density at radius 3 is 2.75 bits per heavy atom. The van der Waals surface area contributed by atoms with Crippen LogP contribution in [0.25, 0.3) is 0 Å². The number of rotatable bonds is 3. The van der Waals surface area contributed by atoms with E-state index in [4.69, 9.17) is 34.8 Å². The lowest BCUT2D eigenvalue weighted by Gasteiger charge is -2.22. The highest BCUT2D eigenvalue weighted by Crippen LogP contribution is 2.35. The summed E-state index contributed by atoms with van der Waals surface area (Å²) in [5.74, 6) is 0.0468. The van der Waals surface area contributed by atoms with Crippen LogP contribution in [0.2, 0.25) is 15.1 Å². The van der Waals surface area contributed by atoms with Gasteiger partial charge in [-0.05, 0) is 37.8 Å². The van der Waals surface area contributed by atoms with Crippen molar-refractivity contribution in [3.63, 3.8) is 0 Å². The fourth-order valence-corrected chi connectivity index (χ4v) is 3.07. The van der Waals surface area contributed by atoms with Crippen LogP contribution in [0.4, 0.5) is 0 Å². The Morgan fingerprint density at radius 2 is 2.00 bits per heavy atom. The molecule has 1 heterocycles. The van der Waals surface area contributed by atoms with Gasteiger partial charge in [-0.15, -0.1) is 0 Å². The van der Waals surface area contributed by atoms with Crippen molar-refractivity contribution in [2.24, 2.45) is 0 Å². The molecule has 1 fully saturated rings. The minimum Gasteiger partial charge on any atom is -0.355 e. The highest BCUT2D eigenvalue weighted by Gasteiger charge is 2.24. The van der Waals surface area contributed by atoms with Crippen LogP contribution in [-0.2, 0) is 4.79 Å². The van der Waals surface area contributed by atoms with Gasteiger partial charge in [-0.25, -0.2) is 0 Å². The second-order valence-corrected chi connectivity index (χ2v) is 6.16. The third-order valence-corrected chi connectivity index (χ3v) is 4.83. The maximum absolute atomic E-state index is 11.9. The molecule has 6 heteroatoms. The number of amides is 1. The summed E-state index contributed by atoms with van der Waals surface area (Å²) < 4.78 is 0. The van der Waals surface area contributed by atoms with E-state index < -0.39 is 0 Å². The molecule has 1 aliphatic rings. The quantitative estimate of drug-likeness (QED) is 0.821. The highest BCUT2D eigenvalue weighted by atomic mass is 35.5. The van der Waals surface area contributed by atoms with Gasteiger partial charge < -0.3 is 5.32 Å². The summed E-state index contributed by atoms with van der Waals surface area (Å²) in [7, 11) is 0. The van der Waals surface area contributed by atoms with E-state index in [9.17, 15) is 4.79 Å². The molecule has 0 aliphatic carbocycles. The third-order valence-electron chi connectivity index (χ3n) is 3.52. The lowest BCUT2D eigenvalue weighted by Crippen LogP contribution is -2.43. The van der Waals surface area contributed by atoms with Gasteiger partial charge in [0.1, 0.15) is 0 Å². The molecule has 1 amide bonds. The zero-order valence-electron chi connectivity index (χ0n) is 11.2. The molecule has 2 N–H and O–H groups in total. The van der Waals surface area contributed by atoms with Gasteiger partial charge in [0.2, 0.25) is 5.91 Å². The fraction of sp³-hybridized carbons (Fsp3) is 0.500. The molecule has 0 radical (unpaired) electrons. The standard InChI is InChI=1S/C14H17Cl3N2O/c1-8(9-5-6-10(15)13(17)12(9)16)19-11-4-2-3-7-18-14(11)20/h5-6,8,11,19H,2-4,7H2,1H3,(H,18,20). The predicted octanol–water partition coefficient (Wildman–Crippen LogP) is 3.97. The molecule has 2 unspecified atom stereocenters. The average Bonchev–Trinajstić information content (AvgIpc) is 2.61. The summed E-state index contributed by atoms with van der Waals surface area (Å²) in [5, 5.41) is 7.44. The van der Waals surface area contributed by atoms with Crippen molar-refractivity contribution in [3.05, 3.63) is 32.8 Å². The molecule has 1 aromatic rings. The minimum atomic E-state index is -0.196. The second kappa shape index (κ2) is 6.99. The van der Waals surface area contributed by atoms with E-state index in [1.165, 1.54) is 0 Å². The van der Waals surface area contributed by atoms with Crippen LogP contribution in [0.3, 0.4) is 0 Å². The number of hydrogen-bond donors (Lipinski definition) is 2. The topological polar surface area (TPSA) is 41.1 Å². The van der Waals surface area contributed by atoms with Crippen molar-refractivity contribution >= 4 is 40.7 Å². The smallest absolute Gasteiger partial charge is 0.237 e. The highest BCUT2D eigenvalue weighted by molar-refractivity contribution is 6.48. The molecule has 1 aromatic carbocycles. The molecule has 1 saturated heterocycles. The van der Waals surface area contributed by atoms with E-state index >= 15 is 0 Å². The van der Waals surface area contributed by atoms with E-state index in [-0.39, 0.29) is 18.0 Å². The number of benzene rings is 1. The average molecular weight is 336 g/mol. The fourth-order valence-electron chi connectivity index (χ4n) is 2.37. The first-order valence-corrected chi connectivity index (χ1v) is 7.81. The van der Waals surface area contributed by atoms with Crippen LogP contribution in [0.15, 0.2) is 12.1 Å². The lowest BCUT2D eigenvalue weighted by molar-refractivity contribution is -0.123. The first kappa shape index (κ1) is 15.9. The van der Waals surface area contributed by atoms with Gasteiger partial charge in [-0.1, -0.05) is 40.9 Å². The van der Waals surface area contributed by atoms with E-state index in [0.29, 0.717) is 15.1 Å². The summed E-state index contributed by atoms with van der Waals surface area (Å²) in [5.41, 5.74) is 0.845. The molecular weight excluding hydrogens is 319 g/mol. The SMILES string of the molecule is CC(NC1CCCCNC1=O)c1ccc(Cl)c(Cl)c1Cl. The molecule has 0 saturated carbocycles. The molecule has 3 nitrogen and oxygen atoms in total. The molecular formula is C14H17Cl3N2O. The van der Waals surface area contributed by atoms with Crippen molar-refractivity contribution < 1.29 is 4.79 Å². The molecule has 1 aliphatic heterocycles. The van der Waals surface area contributed by atoms with Crippen molar-refractivity contribution in [2.75, 3.05) is 6.54 Å². The molecule has 0 bridgehead atoms. The van der Waals surface area contributed by atoms with Gasteiger partial charge in [0.25, 0.3) is 0 Å². The largest absolute Gasteiger partial charge is 0.355 e. The number of nitrogens with one attached hydrogen (secondary N) is 2. The van der Waals surface area contributed by atoms with Crippen molar-refractivity contribution in [3.8, 4) is 0 Å². The van der Waals surface area contributed by atoms with Crippen LogP contribution < -0.4 is 10.6 Å². The Bertz CT molecular complexity index is 507. The molecule has 2 rings (SSSR count). The molecule has 110 valence electrons. The summed E-state index contributed by atoms with van der Waals surface area (Å²) in [6.45, 7) is 2.71. The van der Waals surface area contributed by atoms with Gasteiger partial charge in [-0.3, -0.25) is 10.1 Å². The van der Waals surface area contributed by atoms with Crippen LogP contribution in [0.5, 0.6) is 0 Å². The van der Waals surface area contributed by atoms with Gasteiger partial charge in [0.15, 0.2) is 0 Å². The normalized spacial score (nSPS) is 21.2. The Hall–Kier alpha value is -0.480. The summed E-state index contributed by atoms with van der Waals surface area (Å²) >= 11 is 18.2. The molecule has 2 atom stereocenters. The lowest BCUT2D eigenvalue weighted by atomic mass is 10.0. The molecule has 20 heavy (non-hydrogen) atoms. The van der Waals surface area contributed by atoms with Gasteiger partial charge in [0.05, 0.1) is 21.1 Å². The number of hydrogen-bond acceptors (Lipinski definition) is 2. The van der Waals surface area contributed by atoms with E-state index in [1.807, 2.05) is 13.0 Å². The van der Waals surface area contributed by atoms with E-state index in [0.717, 1.165) is 31.4 Å². The van der Waals surface area contributed by atoms with Gasteiger partial charge in [0, 0.05) is 12.6 Å². The van der Waals surface area contributed by atoms with Crippen molar-refractivity contribution in [2.45, 2.75) is 38.3 Å². The van der Waals surface area contributed by atoms with Crippen LogP contribution in [0.1, 0.15) is 37.8 Å². The third kappa shape index (κ3) is 3.59. The summed E-state index contributed by atoms with van der Waals surface area (Å²) in [6, 6.07) is 3.28. The molecule has 0 spiro atoms.